The number of esters is 1. The predicted octanol–water partition coefficient (Wildman–Crippen LogP) is 5.36. The molecule has 1 aromatic heterocycles. The second kappa shape index (κ2) is 13.5. The van der Waals surface area contributed by atoms with Crippen molar-refractivity contribution in [3.63, 3.8) is 0 Å². The van der Waals surface area contributed by atoms with Gasteiger partial charge in [-0.2, -0.15) is 5.10 Å². The van der Waals surface area contributed by atoms with Gasteiger partial charge in [0.1, 0.15) is 35.1 Å². The number of nitrogen functional groups attached to an aromatic ring is 1. The Bertz CT molecular complexity index is 1390. The number of benzene rings is 2. The number of hydrogen-bond acceptors (Lipinski definition) is 8. The van der Waals surface area contributed by atoms with E-state index in [1.165, 1.54) is 35.1 Å². The van der Waals surface area contributed by atoms with Crippen molar-refractivity contribution in [2.24, 2.45) is 0 Å². The van der Waals surface area contributed by atoms with E-state index >= 15 is 0 Å². The maximum Gasteiger partial charge on any atom is 0.408 e. The number of nitrogens with one attached hydrogen (secondary N) is 1. The van der Waals surface area contributed by atoms with Crippen LogP contribution in [-0.2, 0) is 14.3 Å². The molecule has 0 unspecified atom stereocenters. The third kappa shape index (κ3) is 8.31. The Balaban J connectivity index is 1.35. The zero-order chi connectivity index (χ0) is 30.3. The summed E-state index contributed by atoms with van der Waals surface area (Å²) in [6, 6.07) is 11.4. The zero-order valence-corrected chi connectivity index (χ0v) is 24.1. The number of aromatic nitrogens is 2. The van der Waals surface area contributed by atoms with Crippen molar-refractivity contribution >= 4 is 23.7 Å². The topological polar surface area (TPSA) is 135 Å². The Labute approximate surface area is 244 Å². The van der Waals surface area contributed by atoms with Gasteiger partial charge >= 0.3 is 12.1 Å². The van der Waals surface area contributed by atoms with Crippen LogP contribution < -0.4 is 15.8 Å². The molecule has 1 fully saturated rings. The van der Waals surface area contributed by atoms with Crippen LogP contribution in [0.3, 0.4) is 0 Å². The summed E-state index contributed by atoms with van der Waals surface area (Å²) in [6.07, 6.45) is 4.93. The van der Waals surface area contributed by atoms with E-state index in [2.05, 4.69) is 10.4 Å². The van der Waals surface area contributed by atoms with E-state index in [9.17, 15) is 18.8 Å². The van der Waals surface area contributed by atoms with Crippen LogP contribution in [-0.4, -0.2) is 52.0 Å². The number of alkyl carbamates (subject to hydrolysis) is 1. The van der Waals surface area contributed by atoms with E-state index in [1.54, 1.807) is 45.0 Å². The average Bonchev–Trinajstić information content (AvgIpc) is 3.59. The molecule has 0 bridgehead atoms. The first-order valence-corrected chi connectivity index (χ1v) is 14.1. The van der Waals surface area contributed by atoms with E-state index < -0.39 is 29.5 Å². The molecule has 224 valence electrons. The lowest BCUT2D eigenvalue weighted by molar-refractivity contribution is -0.151. The van der Waals surface area contributed by atoms with Gasteiger partial charge in [-0.15, -0.1) is 0 Å². The highest BCUT2D eigenvalue weighted by molar-refractivity contribution is 6.11. The van der Waals surface area contributed by atoms with E-state index in [0.717, 1.165) is 25.7 Å². The number of halogens is 1. The minimum atomic E-state index is -0.877. The molecule has 1 saturated carbocycles. The summed E-state index contributed by atoms with van der Waals surface area (Å²) in [5.74, 6) is -0.639. The van der Waals surface area contributed by atoms with Gasteiger partial charge < -0.3 is 25.3 Å². The van der Waals surface area contributed by atoms with Crippen LogP contribution in [0.5, 0.6) is 5.75 Å². The highest BCUT2D eigenvalue weighted by atomic mass is 19.1. The highest BCUT2D eigenvalue weighted by Gasteiger charge is 2.28. The molecule has 0 aliphatic heterocycles. The molecule has 10 nitrogen and oxygen atoms in total. The fourth-order valence-corrected chi connectivity index (χ4v) is 4.63. The van der Waals surface area contributed by atoms with Crippen molar-refractivity contribution in [3.05, 3.63) is 71.7 Å². The number of nitrogens with zero attached hydrogens (tertiary/aromatic N) is 2. The zero-order valence-electron chi connectivity index (χ0n) is 24.1. The lowest BCUT2D eigenvalue weighted by Gasteiger charge is -2.24. The van der Waals surface area contributed by atoms with Crippen molar-refractivity contribution in [2.45, 2.75) is 77.0 Å². The van der Waals surface area contributed by atoms with E-state index in [4.69, 9.17) is 19.9 Å². The predicted molar refractivity (Wildman–Crippen MR) is 154 cm³/mol. The number of ether oxygens (including phenoxy) is 3. The molecule has 1 aliphatic rings. The summed E-state index contributed by atoms with van der Waals surface area (Å²) in [7, 11) is 0. The lowest BCUT2D eigenvalue weighted by Crippen LogP contribution is -2.45. The van der Waals surface area contributed by atoms with Crippen LogP contribution in [0, 0.1) is 5.82 Å². The molecule has 3 N–H and O–H groups in total. The molecule has 2 aromatic carbocycles. The Hall–Kier alpha value is -4.41. The van der Waals surface area contributed by atoms with Gasteiger partial charge in [0.15, 0.2) is 5.78 Å². The van der Waals surface area contributed by atoms with E-state index in [1.807, 2.05) is 0 Å². The normalized spacial score (nSPS) is 14.3. The molecule has 11 heteroatoms. The largest absolute Gasteiger partial charge is 0.494 e. The first kappa shape index (κ1) is 30.5. The molecule has 1 amide bonds. The summed E-state index contributed by atoms with van der Waals surface area (Å²) >= 11 is 0. The molecular formula is C31H37FN4O6. The van der Waals surface area contributed by atoms with Gasteiger partial charge in [-0.3, -0.25) is 4.79 Å². The number of anilines is 1. The van der Waals surface area contributed by atoms with Crippen LogP contribution in [0.15, 0.2) is 54.7 Å². The minimum absolute atomic E-state index is 0.131. The fourth-order valence-electron chi connectivity index (χ4n) is 4.63. The number of ketones is 1. The third-order valence-corrected chi connectivity index (χ3v) is 6.68. The summed E-state index contributed by atoms with van der Waals surface area (Å²) in [4.78, 5) is 38.4. The molecule has 1 atom stereocenters. The number of hydrogen-bond donors (Lipinski definition) is 2. The Morgan fingerprint density at radius 3 is 2.52 bits per heavy atom. The van der Waals surface area contributed by atoms with Gasteiger partial charge in [0, 0.05) is 5.56 Å². The van der Waals surface area contributed by atoms with Gasteiger partial charge in [-0.25, -0.2) is 18.7 Å². The molecule has 1 heterocycles. The molecule has 0 radical (unpaired) electrons. The van der Waals surface area contributed by atoms with Gasteiger partial charge in [0.2, 0.25) is 0 Å². The van der Waals surface area contributed by atoms with Crippen molar-refractivity contribution in [2.75, 3.05) is 12.3 Å². The second-order valence-corrected chi connectivity index (χ2v) is 11.2. The van der Waals surface area contributed by atoms with Crippen molar-refractivity contribution in [1.29, 1.82) is 0 Å². The Kier molecular flexibility index (Phi) is 9.82. The molecule has 3 aromatic rings. The van der Waals surface area contributed by atoms with Gasteiger partial charge in [-0.1, -0.05) is 12.1 Å². The van der Waals surface area contributed by atoms with Gasteiger partial charge in [0.05, 0.1) is 24.1 Å². The molecule has 4 rings (SSSR count). The number of carbonyl (C=O) groups excluding carboxylic acids is 3. The molecule has 0 saturated heterocycles. The minimum Gasteiger partial charge on any atom is -0.494 e. The van der Waals surface area contributed by atoms with Crippen molar-refractivity contribution < 1.29 is 33.0 Å². The molecule has 42 heavy (non-hydrogen) atoms. The molecule has 1 aliphatic carbocycles. The highest BCUT2D eigenvalue weighted by Crippen LogP contribution is 2.24. The van der Waals surface area contributed by atoms with Gasteiger partial charge in [0.25, 0.3) is 0 Å². The summed E-state index contributed by atoms with van der Waals surface area (Å²) < 4.78 is 31.5. The number of rotatable bonds is 11. The summed E-state index contributed by atoms with van der Waals surface area (Å²) in [5.41, 5.74) is 6.57. The number of nitrogens with two attached hydrogens (primary N) is 1. The number of amides is 1. The molecular weight excluding hydrogens is 543 g/mol. The van der Waals surface area contributed by atoms with Crippen LogP contribution in [0.2, 0.25) is 0 Å². The maximum atomic E-state index is 13.3. The maximum absolute atomic E-state index is 13.3. The summed E-state index contributed by atoms with van der Waals surface area (Å²) in [6.45, 7) is 5.47. The molecule has 0 spiro atoms. The smallest absolute Gasteiger partial charge is 0.408 e. The first-order chi connectivity index (χ1) is 20.0. The third-order valence-electron chi connectivity index (χ3n) is 6.68. The van der Waals surface area contributed by atoms with Crippen LogP contribution in [0.1, 0.15) is 75.2 Å². The van der Waals surface area contributed by atoms with Crippen LogP contribution in [0.4, 0.5) is 15.0 Å². The van der Waals surface area contributed by atoms with E-state index in [-0.39, 0.29) is 36.3 Å². The number of carbonyl (C=O) groups is 3. The fraction of sp³-hybridized carbons (Fsp3) is 0.419. The monoisotopic (exact) mass is 580 g/mol. The summed E-state index contributed by atoms with van der Waals surface area (Å²) in [5, 5.41) is 6.82. The van der Waals surface area contributed by atoms with E-state index in [0.29, 0.717) is 23.4 Å². The SMILES string of the molecule is CC(C)(C)OC(=O)N[C@@H](CCCOc1cccc(C(=O)c2cnn(-c3ccc(F)cc3)c2N)c1)C(=O)OC1CCCC1. The van der Waals surface area contributed by atoms with Crippen LogP contribution in [0.25, 0.3) is 5.69 Å². The Morgan fingerprint density at radius 1 is 1.12 bits per heavy atom. The standard InChI is InChI=1S/C31H37FN4O6/c1-31(2,3)42-30(39)35-26(29(38)41-23-9-4-5-10-23)12-7-17-40-24-11-6-8-20(18-24)27(37)25-19-34-36(28(25)33)22-15-13-21(32)14-16-22/h6,8,11,13-16,18-19,23,26H,4-5,7,9-10,12,17,33H2,1-3H3,(H,35,39)/t26-/m0/s1. The first-order valence-electron chi connectivity index (χ1n) is 14.1. The Morgan fingerprint density at radius 2 is 1.83 bits per heavy atom. The van der Waals surface area contributed by atoms with Crippen LogP contribution >= 0.6 is 0 Å². The second-order valence-electron chi connectivity index (χ2n) is 11.2. The average molecular weight is 581 g/mol. The lowest BCUT2D eigenvalue weighted by atomic mass is 10.1. The van der Waals surface area contributed by atoms with Crippen molar-refractivity contribution in [3.8, 4) is 11.4 Å². The quantitative estimate of drug-likeness (QED) is 0.176. The van der Waals surface area contributed by atoms with Gasteiger partial charge in [-0.05, 0) is 95.7 Å². The van der Waals surface area contributed by atoms with Crippen molar-refractivity contribution in [1.82, 2.24) is 15.1 Å².